The fourth-order valence-corrected chi connectivity index (χ4v) is 4.11. The first kappa shape index (κ1) is 13.5. The van der Waals surface area contributed by atoms with Gasteiger partial charge in [-0.05, 0) is 37.2 Å². The molecule has 1 N–H and O–H groups in total. The third kappa shape index (κ3) is 2.23. The SMILES string of the molecule is CC1(Cn2cnc3ccncc32)CCCC2(CNC(=O)O2)C1. The molecule has 2 atom stereocenters. The molecule has 116 valence electrons. The minimum atomic E-state index is -0.321. The molecule has 2 aromatic rings. The summed E-state index contributed by atoms with van der Waals surface area (Å²) < 4.78 is 7.78. The zero-order chi connectivity index (χ0) is 15.2. The van der Waals surface area contributed by atoms with Crippen molar-refractivity contribution in [3.8, 4) is 0 Å². The summed E-state index contributed by atoms with van der Waals surface area (Å²) in [4.78, 5) is 20.1. The van der Waals surface area contributed by atoms with Crippen LogP contribution in [0.2, 0.25) is 0 Å². The predicted molar refractivity (Wildman–Crippen MR) is 81.3 cm³/mol. The molecule has 1 amide bonds. The van der Waals surface area contributed by atoms with Gasteiger partial charge in [0.2, 0.25) is 0 Å². The Morgan fingerprint density at radius 2 is 2.36 bits per heavy atom. The number of amides is 1. The summed E-state index contributed by atoms with van der Waals surface area (Å²) in [5, 5.41) is 2.82. The maximum Gasteiger partial charge on any atom is 0.407 e. The molecular weight excluding hydrogens is 280 g/mol. The second-order valence-electron chi connectivity index (χ2n) is 7.00. The van der Waals surface area contributed by atoms with Crippen LogP contribution in [0.1, 0.15) is 32.6 Å². The predicted octanol–water partition coefficient (Wildman–Crippen LogP) is 2.49. The molecule has 6 heteroatoms. The third-order valence-corrected chi connectivity index (χ3v) is 5.00. The lowest BCUT2D eigenvalue weighted by atomic mass is 9.68. The maximum absolute atomic E-state index is 11.5. The van der Waals surface area contributed by atoms with Crippen LogP contribution in [-0.2, 0) is 11.3 Å². The van der Waals surface area contributed by atoms with Gasteiger partial charge < -0.3 is 14.6 Å². The van der Waals surface area contributed by atoms with Gasteiger partial charge in [0, 0.05) is 12.7 Å². The lowest BCUT2D eigenvalue weighted by molar-refractivity contribution is -0.0265. The lowest BCUT2D eigenvalue weighted by Gasteiger charge is -2.42. The number of imidazole rings is 1. The van der Waals surface area contributed by atoms with Gasteiger partial charge in [0.1, 0.15) is 5.60 Å². The Kier molecular flexibility index (Phi) is 2.89. The highest BCUT2D eigenvalue weighted by Crippen LogP contribution is 2.45. The quantitative estimate of drug-likeness (QED) is 0.925. The Bertz CT molecular complexity index is 728. The fourth-order valence-electron chi connectivity index (χ4n) is 4.11. The highest BCUT2D eigenvalue weighted by molar-refractivity contribution is 5.73. The zero-order valence-electron chi connectivity index (χ0n) is 12.7. The summed E-state index contributed by atoms with van der Waals surface area (Å²) in [6.45, 7) is 3.78. The van der Waals surface area contributed by atoms with Crippen LogP contribution >= 0.6 is 0 Å². The molecule has 0 aromatic carbocycles. The normalized spacial score (nSPS) is 31.4. The van der Waals surface area contributed by atoms with E-state index >= 15 is 0 Å². The van der Waals surface area contributed by atoms with Gasteiger partial charge >= 0.3 is 6.09 Å². The number of aromatic nitrogens is 3. The molecule has 0 bridgehead atoms. The maximum atomic E-state index is 11.5. The molecule has 1 saturated heterocycles. The molecule has 3 heterocycles. The number of alkyl carbamates (subject to hydrolysis) is 1. The Hall–Kier alpha value is -2.11. The summed E-state index contributed by atoms with van der Waals surface area (Å²) in [7, 11) is 0. The monoisotopic (exact) mass is 300 g/mol. The van der Waals surface area contributed by atoms with E-state index in [2.05, 4.69) is 26.8 Å². The first-order chi connectivity index (χ1) is 10.6. The average Bonchev–Trinajstić information content (AvgIpc) is 3.03. The number of carbonyl (C=O) groups excluding carboxylic acids is 1. The van der Waals surface area contributed by atoms with E-state index < -0.39 is 0 Å². The van der Waals surface area contributed by atoms with Gasteiger partial charge in [0.15, 0.2) is 0 Å². The molecular formula is C16H20N4O2. The van der Waals surface area contributed by atoms with Crippen LogP contribution in [0.15, 0.2) is 24.8 Å². The minimum absolute atomic E-state index is 0.0913. The Balaban J connectivity index is 1.60. The van der Waals surface area contributed by atoms with E-state index in [1.807, 2.05) is 18.6 Å². The number of ether oxygens (including phenoxy) is 1. The standard InChI is InChI=1S/C16H20N4O2/c1-15(4-2-5-16(8-15)9-18-14(21)22-16)10-20-11-19-12-3-6-17-7-13(12)20/h3,6-7,11H,2,4-5,8-10H2,1H3,(H,18,21). The lowest BCUT2D eigenvalue weighted by Crippen LogP contribution is -2.44. The van der Waals surface area contributed by atoms with Crippen LogP contribution in [0.25, 0.3) is 11.0 Å². The zero-order valence-corrected chi connectivity index (χ0v) is 12.7. The van der Waals surface area contributed by atoms with Gasteiger partial charge in [-0.2, -0.15) is 0 Å². The first-order valence-corrected chi connectivity index (χ1v) is 7.79. The van der Waals surface area contributed by atoms with Crippen LogP contribution in [0.5, 0.6) is 0 Å². The van der Waals surface area contributed by atoms with Gasteiger partial charge in [-0.1, -0.05) is 6.92 Å². The highest BCUT2D eigenvalue weighted by Gasteiger charge is 2.48. The summed E-state index contributed by atoms with van der Waals surface area (Å²) in [5.74, 6) is 0. The van der Waals surface area contributed by atoms with Crippen LogP contribution in [0.3, 0.4) is 0 Å². The van der Waals surface area contributed by atoms with E-state index in [9.17, 15) is 4.79 Å². The van der Waals surface area contributed by atoms with Crippen molar-refractivity contribution >= 4 is 17.1 Å². The number of rotatable bonds is 2. The molecule has 1 aliphatic heterocycles. The number of nitrogens with one attached hydrogen (secondary N) is 1. The molecule has 2 aliphatic rings. The van der Waals surface area contributed by atoms with E-state index in [-0.39, 0.29) is 17.1 Å². The van der Waals surface area contributed by atoms with Crippen molar-refractivity contribution in [1.29, 1.82) is 0 Å². The van der Waals surface area contributed by atoms with Gasteiger partial charge in [0.05, 0.1) is 30.1 Å². The van der Waals surface area contributed by atoms with Crippen molar-refractivity contribution in [2.45, 2.75) is 44.8 Å². The summed E-state index contributed by atoms with van der Waals surface area (Å²) >= 11 is 0. The van der Waals surface area contributed by atoms with Crippen molar-refractivity contribution in [1.82, 2.24) is 19.9 Å². The largest absolute Gasteiger partial charge is 0.441 e. The van der Waals surface area contributed by atoms with Crippen LogP contribution < -0.4 is 5.32 Å². The van der Waals surface area contributed by atoms with Crippen molar-refractivity contribution in [3.63, 3.8) is 0 Å². The van der Waals surface area contributed by atoms with E-state index in [4.69, 9.17) is 4.74 Å². The number of fused-ring (bicyclic) bond motifs is 1. The van der Waals surface area contributed by atoms with Crippen molar-refractivity contribution in [2.75, 3.05) is 6.54 Å². The Labute approximate surface area is 128 Å². The molecule has 6 nitrogen and oxygen atoms in total. The molecule has 2 unspecified atom stereocenters. The number of pyridine rings is 1. The highest BCUT2D eigenvalue weighted by atomic mass is 16.6. The topological polar surface area (TPSA) is 69.0 Å². The second kappa shape index (κ2) is 4.69. The average molecular weight is 300 g/mol. The van der Waals surface area contributed by atoms with Gasteiger partial charge in [-0.25, -0.2) is 9.78 Å². The molecule has 2 fully saturated rings. The Morgan fingerprint density at radius 3 is 3.18 bits per heavy atom. The number of carbonyl (C=O) groups is 1. The van der Waals surface area contributed by atoms with Gasteiger partial charge in [-0.3, -0.25) is 4.98 Å². The fraction of sp³-hybridized carbons (Fsp3) is 0.562. The van der Waals surface area contributed by atoms with E-state index in [1.165, 1.54) is 0 Å². The van der Waals surface area contributed by atoms with Gasteiger partial charge in [-0.15, -0.1) is 0 Å². The number of hydrogen-bond donors (Lipinski definition) is 1. The van der Waals surface area contributed by atoms with Crippen molar-refractivity contribution in [3.05, 3.63) is 24.8 Å². The summed E-state index contributed by atoms with van der Waals surface area (Å²) in [5.41, 5.74) is 1.80. The molecule has 2 aromatic heterocycles. The minimum Gasteiger partial charge on any atom is -0.441 e. The Morgan fingerprint density at radius 1 is 1.45 bits per heavy atom. The summed E-state index contributed by atoms with van der Waals surface area (Å²) in [6, 6.07) is 1.93. The number of hydrogen-bond acceptors (Lipinski definition) is 4. The molecule has 1 saturated carbocycles. The van der Waals surface area contributed by atoms with E-state index in [1.54, 1.807) is 6.20 Å². The van der Waals surface area contributed by atoms with E-state index in [0.717, 1.165) is 43.3 Å². The smallest absolute Gasteiger partial charge is 0.407 e. The first-order valence-electron chi connectivity index (χ1n) is 7.79. The van der Waals surface area contributed by atoms with Crippen LogP contribution in [0, 0.1) is 5.41 Å². The molecule has 22 heavy (non-hydrogen) atoms. The molecule has 1 spiro atoms. The molecule has 0 radical (unpaired) electrons. The third-order valence-electron chi connectivity index (χ3n) is 5.00. The second-order valence-corrected chi connectivity index (χ2v) is 7.00. The number of nitrogens with zero attached hydrogens (tertiary/aromatic N) is 3. The van der Waals surface area contributed by atoms with E-state index in [0.29, 0.717) is 6.54 Å². The molecule has 4 rings (SSSR count). The summed E-state index contributed by atoms with van der Waals surface area (Å²) in [6.07, 6.45) is 9.29. The van der Waals surface area contributed by atoms with Gasteiger partial charge in [0.25, 0.3) is 0 Å². The molecule has 1 aliphatic carbocycles. The van der Waals surface area contributed by atoms with Crippen molar-refractivity contribution in [2.24, 2.45) is 5.41 Å². The van der Waals surface area contributed by atoms with Crippen molar-refractivity contribution < 1.29 is 9.53 Å². The van der Waals surface area contributed by atoms with Crippen LogP contribution in [0.4, 0.5) is 4.79 Å². The van der Waals surface area contributed by atoms with Crippen LogP contribution in [-0.4, -0.2) is 32.8 Å².